The number of carbonyl (C=O) groups is 1. The molecule has 2 aromatic rings. The number of carbonyl (C=O) groups excluding carboxylic acids is 1. The van der Waals surface area contributed by atoms with Gasteiger partial charge >= 0.3 is 0 Å². The van der Waals surface area contributed by atoms with Gasteiger partial charge in [0.2, 0.25) is 0 Å². The summed E-state index contributed by atoms with van der Waals surface area (Å²) in [6, 6.07) is 4.91. The van der Waals surface area contributed by atoms with Gasteiger partial charge in [-0.05, 0) is 43.4 Å². The Balaban J connectivity index is 1.77. The standard InChI is InChI=1S/C20H19ClF3NO4S/c21-15-2-1-13(20(26)25-14-10-16(22)19(24)17(23)11-14)9-18(15)30(27,28)8-5-12-3-6-29-7-4-12/h1-2,9-12H,3-8H2,(H,25,26). The van der Waals surface area contributed by atoms with Crippen LogP contribution in [0.4, 0.5) is 18.9 Å². The van der Waals surface area contributed by atoms with Crippen LogP contribution in [0.2, 0.25) is 5.02 Å². The summed E-state index contributed by atoms with van der Waals surface area (Å²) in [5.74, 6) is -5.29. The van der Waals surface area contributed by atoms with Gasteiger partial charge in [-0.3, -0.25) is 4.79 Å². The molecule has 0 unspecified atom stereocenters. The monoisotopic (exact) mass is 461 g/mol. The minimum atomic E-state index is -3.76. The third-order valence-electron chi connectivity index (χ3n) is 4.91. The van der Waals surface area contributed by atoms with E-state index in [-0.39, 0.29) is 32.8 Å². The van der Waals surface area contributed by atoms with Gasteiger partial charge in [0.1, 0.15) is 0 Å². The van der Waals surface area contributed by atoms with E-state index < -0.39 is 33.2 Å². The van der Waals surface area contributed by atoms with Crippen molar-refractivity contribution >= 4 is 33.0 Å². The highest BCUT2D eigenvalue weighted by Crippen LogP contribution is 2.27. The zero-order chi connectivity index (χ0) is 21.9. The Morgan fingerprint density at radius 3 is 2.37 bits per heavy atom. The summed E-state index contributed by atoms with van der Waals surface area (Å²) in [7, 11) is -3.76. The number of ether oxygens (including phenoxy) is 1. The first-order valence-corrected chi connectivity index (χ1v) is 11.3. The number of sulfone groups is 1. The summed E-state index contributed by atoms with van der Waals surface area (Å²) in [6.45, 7) is 1.21. The fraction of sp³-hybridized carbons (Fsp3) is 0.350. The van der Waals surface area contributed by atoms with Crippen LogP contribution < -0.4 is 5.32 Å². The molecular formula is C20H19ClF3NO4S. The van der Waals surface area contributed by atoms with E-state index in [2.05, 4.69) is 5.32 Å². The lowest BCUT2D eigenvalue weighted by Crippen LogP contribution is -2.19. The van der Waals surface area contributed by atoms with Gasteiger partial charge in [-0.25, -0.2) is 21.6 Å². The van der Waals surface area contributed by atoms with Crippen LogP contribution in [0.15, 0.2) is 35.2 Å². The van der Waals surface area contributed by atoms with Crippen LogP contribution in [0.5, 0.6) is 0 Å². The fourth-order valence-electron chi connectivity index (χ4n) is 3.18. The number of anilines is 1. The molecule has 1 amide bonds. The normalized spacial score (nSPS) is 15.2. The molecule has 3 rings (SSSR count). The first-order chi connectivity index (χ1) is 14.2. The summed E-state index contributed by atoms with van der Waals surface area (Å²) in [4.78, 5) is 12.2. The van der Waals surface area contributed by atoms with E-state index in [0.717, 1.165) is 18.9 Å². The topological polar surface area (TPSA) is 72.5 Å². The molecular weight excluding hydrogens is 443 g/mol. The highest BCUT2D eigenvalue weighted by atomic mass is 35.5. The van der Waals surface area contributed by atoms with Gasteiger partial charge in [-0.2, -0.15) is 0 Å². The van der Waals surface area contributed by atoms with Crippen molar-refractivity contribution in [2.45, 2.75) is 24.2 Å². The third-order valence-corrected chi connectivity index (χ3v) is 7.13. The molecule has 5 nitrogen and oxygen atoms in total. The Morgan fingerprint density at radius 2 is 1.73 bits per heavy atom. The maximum absolute atomic E-state index is 13.3. The van der Waals surface area contributed by atoms with Crippen molar-refractivity contribution in [3.8, 4) is 0 Å². The first-order valence-electron chi connectivity index (χ1n) is 9.23. The molecule has 1 heterocycles. The number of hydrogen-bond acceptors (Lipinski definition) is 4. The number of benzene rings is 2. The molecule has 2 aromatic carbocycles. The fourth-order valence-corrected chi connectivity index (χ4v) is 5.19. The van der Waals surface area contributed by atoms with Gasteiger partial charge in [0.15, 0.2) is 27.3 Å². The number of halogens is 4. The average molecular weight is 462 g/mol. The van der Waals surface area contributed by atoms with Crippen LogP contribution in [0.3, 0.4) is 0 Å². The van der Waals surface area contributed by atoms with Gasteiger partial charge in [0.05, 0.1) is 15.7 Å². The SMILES string of the molecule is O=C(Nc1cc(F)c(F)c(F)c1)c1ccc(Cl)c(S(=O)(=O)CCC2CCOCC2)c1. The second kappa shape index (κ2) is 9.36. The Hall–Kier alpha value is -2.10. The summed E-state index contributed by atoms with van der Waals surface area (Å²) < 4.78 is 70.5. The molecule has 1 fully saturated rings. The van der Waals surface area contributed by atoms with E-state index in [1.165, 1.54) is 12.1 Å². The molecule has 0 bridgehead atoms. The molecule has 0 radical (unpaired) electrons. The van der Waals surface area contributed by atoms with Crippen molar-refractivity contribution in [1.29, 1.82) is 0 Å². The Kier molecular flexibility index (Phi) is 7.05. The van der Waals surface area contributed by atoms with Crippen molar-refractivity contribution < 1.29 is 31.1 Å². The van der Waals surface area contributed by atoms with Crippen molar-refractivity contribution in [1.82, 2.24) is 0 Å². The van der Waals surface area contributed by atoms with E-state index >= 15 is 0 Å². The summed E-state index contributed by atoms with van der Waals surface area (Å²) in [5.41, 5.74) is -0.385. The molecule has 162 valence electrons. The molecule has 1 aliphatic rings. The lowest BCUT2D eigenvalue weighted by Gasteiger charge is -2.21. The molecule has 0 aromatic heterocycles. The zero-order valence-corrected chi connectivity index (χ0v) is 17.3. The van der Waals surface area contributed by atoms with Gasteiger partial charge in [0.25, 0.3) is 5.91 Å². The molecule has 1 aliphatic heterocycles. The maximum atomic E-state index is 13.3. The van der Waals surface area contributed by atoms with Crippen molar-refractivity contribution in [3.05, 3.63) is 58.4 Å². The van der Waals surface area contributed by atoms with Crippen LogP contribution in [-0.2, 0) is 14.6 Å². The lowest BCUT2D eigenvalue weighted by atomic mass is 9.98. The number of hydrogen-bond donors (Lipinski definition) is 1. The summed E-state index contributed by atoms with van der Waals surface area (Å²) >= 11 is 6.05. The average Bonchev–Trinajstić information content (AvgIpc) is 2.71. The minimum Gasteiger partial charge on any atom is -0.381 e. The predicted octanol–water partition coefficient (Wildman–Crippen LogP) is 4.60. The van der Waals surface area contributed by atoms with Crippen LogP contribution in [0, 0.1) is 23.4 Å². The first kappa shape index (κ1) is 22.6. The third kappa shape index (κ3) is 5.33. The van der Waals surface area contributed by atoms with Gasteiger partial charge in [-0.15, -0.1) is 0 Å². The molecule has 0 spiro atoms. The van der Waals surface area contributed by atoms with E-state index in [1.807, 2.05) is 0 Å². The summed E-state index contributed by atoms with van der Waals surface area (Å²) in [5, 5.41) is 2.18. The van der Waals surface area contributed by atoms with Crippen LogP contribution in [0.1, 0.15) is 29.6 Å². The largest absolute Gasteiger partial charge is 0.381 e. The van der Waals surface area contributed by atoms with E-state index in [0.29, 0.717) is 31.8 Å². The molecule has 0 atom stereocenters. The molecule has 0 saturated carbocycles. The number of amides is 1. The Labute approximate surface area is 177 Å². The van der Waals surface area contributed by atoms with Gasteiger partial charge in [0, 0.05) is 36.6 Å². The van der Waals surface area contributed by atoms with Gasteiger partial charge < -0.3 is 10.1 Å². The molecule has 0 aliphatic carbocycles. The zero-order valence-electron chi connectivity index (χ0n) is 15.8. The van der Waals surface area contributed by atoms with Crippen LogP contribution in [0.25, 0.3) is 0 Å². The molecule has 10 heteroatoms. The van der Waals surface area contributed by atoms with E-state index in [4.69, 9.17) is 16.3 Å². The van der Waals surface area contributed by atoms with Crippen molar-refractivity contribution in [2.75, 3.05) is 24.3 Å². The summed E-state index contributed by atoms with van der Waals surface area (Å²) in [6.07, 6.45) is 2.03. The Bertz CT molecular complexity index is 1030. The number of rotatable bonds is 6. The van der Waals surface area contributed by atoms with Crippen LogP contribution in [-0.4, -0.2) is 33.3 Å². The van der Waals surface area contributed by atoms with Crippen molar-refractivity contribution in [3.63, 3.8) is 0 Å². The second-order valence-corrected chi connectivity index (χ2v) is 9.50. The minimum absolute atomic E-state index is 0.0302. The predicted molar refractivity (Wildman–Crippen MR) is 106 cm³/mol. The second-order valence-electron chi connectivity index (χ2n) is 7.02. The highest BCUT2D eigenvalue weighted by molar-refractivity contribution is 7.91. The molecule has 1 N–H and O–H groups in total. The lowest BCUT2D eigenvalue weighted by molar-refractivity contribution is 0.0655. The maximum Gasteiger partial charge on any atom is 0.255 e. The van der Waals surface area contributed by atoms with E-state index in [9.17, 15) is 26.4 Å². The number of nitrogens with one attached hydrogen (secondary N) is 1. The molecule has 30 heavy (non-hydrogen) atoms. The Morgan fingerprint density at radius 1 is 1.10 bits per heavy atom. The van der Waals surface area contributed by atoms with E-state index in [1.54, 1.807) is 0 Å². The van der Waals surface area contributed by atoms with Crippen LogP contribution >= 0.6 is 11.6 Å². The van der Waals surface area contributed by atoms with Gasteiger partial charge in [-0.1, -0.05) is 11.6 Å². The molecule has 1 saturated heterocycles. The smallest absolute Gasteiger partial charge is 0.255 e. The van der Waals surface area contributed by atoms with Crippen molar-refractivity contribution in [2.24, 2.45) is 5.92 Å². The quantitative estimate of drug-likeness (QED) is 0.638. The highest BCUT2D eigenvalue weighted by Gasteiger charge is 2.23.